The number of nitrogens with zero attached hydrogens (tertiary/aromatic N) is 3. The number of fused-ring (bicyclic) bond motifs is 1. The first-order chi connectivity index (χ1) is 16.8. The van der Waals surface area contributed by atoms with Gasteiger partial charge in [0.05, 0.1) is 51.1 Å². The van der Waals surface area contributed by atoms with Crippen LogP contribution in [0.3, 0.4) is 0 Å². The molecular weight excluding hydrogens is 458 g/mol. The van der Waals surface area contributed by atoms with Gasteiger partial charge in [-0.2, -0.15) is 0 Å². The second kappa shape index (κ2) is 10.9. The Hall–Kier alpha value is -4.02. The molecule has 0 aromatic heterocycles. The highest BCUT2D eigenvalue weighted by molar-refractivity contribution is 5.91. The van der Waals surface area contributed by atoms with Crippen LogP contribution in [0, 0.1) is 10.1 Å². The lowest BCUT2D eigenvalue weighted by atomic mass is 9.90. The smallest absolute Gasteiger partial charge is 0.414 e. The first-order valence-electron chi connectivity index (χ1n) is 11.1. The standard InChI is InChI=1S/C24H29N3O8/c1-6-35-24(29)26-15(2)11-19(17-12-21(32-3)22(33-4)13-20(17)26)25(23(28)34-5)14-16-9-7-8-10-18(16)27(30)31/h7-10,12-13,15,19H,6,11,14H2,1-5H3. The van der Waals surface area contributed by atoms with Crippen LogP contribution in [0.2, 0.25) is 0 Å². The van der Waals surface area contributed by atoms with Crippen molar-refractivity contribution < 1.29 is 33.5 Å². The molecule has 2 aromatic rings. The van der Waals surface area contributed by atoms with Crippen LogP contribution in [0.25, 0.3) is 0 Å². The zero-order valence-corrected chi connectivity index (χ0v) is 20.3. The number of anilines is 1. The maximum Gasteiger partial charge on any atom is 0.414 e. The Balaban J connectivity index is 2.17. The molecule has 1 aliphatic rings. The number of amides is 2. The molecule has 0 aliphatic carbocycles. The summed E-state index contributed by atoms with van der Waals surface area (Å²) in [6.45, 7) is 3.68. The van der Waals surface area contributed by atoms with Gasteiger partial charge in [-0.05, 0) is 26.3 Å². The summed E-state index contributed by atoms with van der Waals surface area (Å²) < 4.78 is 21.3. The van der Waals surface area contributed by atoms with Gasteiger partial charge in [0, 0.05) is 29.3 Å². The molecule has 2 unspecified atom stereocenters. The third-order valence-corrected chi connectivity index (χ3v) is 5.94. The number of ether oxygens (including phenoxy) is 4. The molecule has 1 heterocycles. The highest BCUT2D eigenvalue weighted by Gasteiger charge is 2.40. The van der Waals surface area contributed by atoms with Crippen molar-refractivity contribution >= 4 is 23.6 Å². The van der Waals surface area contributed by atoms with Crippen LogP contribution in [-0.4, -0.2) is 56.0 Å². The van der Waals surface area contributed by atoms with Gasteiger partial charge >= 0.3 is 12.2 Å². The number of benzene rings is 2. The summed E-state index contributed by atoms with van der Waals surface area (Å²) in [7, 11) is 4.22. The molecule has 11 nitrogen and oxygen atoms in total. The van der Waals surface area contributed by atoms with Gasteiger partial charge in [-0.1, -0.05) is 18.2 Å². The molecule has 11 heteroatoms. The number of para-hydroxylation sites is 1. The van der Waals surface area contributed by atoms with E-state index in [0.29, 0.717) is 34.7 Å². The molecule has 2 aromatic carbocycles. The predicted octanol–water partition coefficient (Wildman–Crippen LogP) is 4.68. The van der Waals surface area contributed by atoms with Gasteiger partial charge in [-0.15, -0.1) is 0 Å². The Bertz CT molecular complexity index is 1110. The molecule has 0 fully saturated rings. The normalized spacial score (nSPS) is 16.7. The third-order valence-electron chi connectivity index (χ3n) is 5.94. The molecule has 0 spiro atoms. The van der Waals surface area contributed by atoms with Crippen LogP contribution in [0.1, 0.15) is 37.4 Å². The van der Waals surface area contributed by atoms with Gasteiger partial charge in [0.25, 0.3) is 5.69 Å². The van der Waals surface area contributed by atoms with Gasteiger partial charge in [0.2, 0.25) is 0 Å². The van der Waals surface area contributed by atoms with E-state index in [1.807, 2.05) is 6.92 Å². The number of carbonyl (C=O) groups excluding carboxylic acids is 2. The number of hydrogen-bond acceptors (Lipinski definition) is 8. The second-order valence-electron chi connectivity index (χ2n) is 7.92. The molecule has 0 N–H and O–H groups in total. The second-order valence-corrected chi connectivity index (χ2v) is 7.92. The predicted molar refractivity (Wildman–Crippen MR) is 127 cm³/mol. The topological polar surface area (TPSA) is 121 Å². The molecule has 2 atom stereocenters. The van der Waals surface area contributed by atoms with Gasteiger partial charge in [0.1, 0.15) is 0 Å². The average Bonchev–Trinajstić information content (AvgIpc) is 2.85. The van der Waals surface area contributed by atoms with E-state index >= 15 is 0 Å². The molecule has 188 valence electrons. The van der Waals surface area contributed by atoms with Crippen LogP contribution in [0.15, 0.2) is 36.4 Å². The highest BCUT2D eigenvalue weighted by atomic mass is 16.6. The fraction of sp³-hybridized carbons (Fsp3) is 0.417. The quantitative estimate of drug-likeness (QED) is 0.408. The van der Waals surface area contributed by atoms with Crippen molar-refractivity contribution in [3.05, 3.63) is 57.6 Å². The van der Waals surface area contributed by atoms with E-state index in [9.17, 15) is 19.7 Å². The Labute approximate surface area is 203 Å². The van der Waals surface area contributed by atoms with Crippen molar-refractivity contribution in [1.82, 2.24) is 4.90 Å². The fourth-order valence-corrected chi connectivity index (χ4v) is 4.34. The van der Waals surface area contributed by atoms with Crippen LogP contribution in [-0.2, 0) is 16.0 Å². The Morgan fingerprint density at radius 3 is 2.40 bits per heavy atom. The van der Waals surface area contributed by atoms with E-state index in [4.69, 9.17) is 18.9 Å². The number of hydrogen-bond donors (Lipinski definition) is 0. The summed E-state index contributed by atoms with van der Waals surface area (Å²) >= 11 is 0. The minimum Gasteiger partial charge on any atom is -0.493 e. The molecule has 0 bridgehead atoms. The van der Waals surface area contributed by atoms with Crippen molar-refractivity contribution in [3.63, 3.8) is 0 Å². The zero-order valence-electron chi connectivity index (χ0n) is 20.3. The number of rotatable bonds is 7. The first-order valence-corrected chi connectivity index (χ1v) is 11.1. The Morgan fingerprint density at radius 1 is 1.14 bits per heavy atom. The summed E-state index contributed by atoms with van der Waals surface area (Å²) in [6.07, 6.45) is -0.863. The number of nitro groups is 1. The molecule has 1 aliphatic heterocycles. The van der Waals surface area contributed by atoms with Crippen LogP contribution >= 0.6 is 0 Å². The van der Waals surface area contributed by atoms with Crippen molar-refractivity contribution in [2.75, 3.05) is 32.8 Å². The largest absolute Gasteiger partial charge is 0.493 e. The zero-order chi connectivity index (χ0) is 25.7. The van der Waals surface area contributed by atoms with E-state index < -0.39 is 23.2 Å². The van der Waals surface area contributed by atoms with Gasteiger partial charge < -0.3 is 18.9 Å². The average molecular weight is 488 g/mol. The molecule has 0 saturated heterocycles. The molecule has 3 rings (SSSR count). The lowest BCUT2D eigenvalue weighted by molar-refractivity contribution is -0.385. The maximum absolute atomic E-state index is 13.0. The highest BCUT2D eigenvalue weighted by Crippen LogP contribution is 2.46. The van der Waals surface area contributed by atoms with Crippen LogP contribution in [0.5, 0.6) is 11.5 Å². The van der Waals surface area contributed by atoms with E-state index in [1.54, 1.807) is 37.3 Å². The van der Waals surface area contributed by atoms with Gasteiger partial charge in [0.15, 0.2) is 11.5 Å². The molecular formula is C24H29N3O8. The minimum absolute atomic E-state index is 0.0750. The molecule has 2 amide bonds. The number of methoxy groups -OCH3 is 3. The Morgan fingerprint density at radius 2 is 1.80 bits per heavy atom. The molecule has 0 saturated carbocycles. The lowest BCUT2D eigenvalue weighted by Crippen LogP contribution is -2.47. The van der Waals surface area contributed by atoms with E-state index in [1.165, 1.54) is 37.2 Å². The Kier molecular flexibility index (Phi) is 8.00. The van der Waals surface area contributed by atoms with Gasteiger partial charge in [-0.25, -0.2) is 9.59 Å². The van der Waals surface area contributed by atoms with E-state index in [0.717, 1.165) is 0 Å². The molecule has 0 radical (unpaired) electrons. The fourth-order valence-electron chi connectivity index (χ4n) is 4.34. The maximum atomic E-state index is 13.0. The third kappa shape index (κ3) is 5.08. The summed E-state index contributed by atoms with van der Waals surface area (Å²) in [5.41, 5.74) is 1.33. The molecule has 35 heavy (non-hydrogen) atoms. The van der Waals surface area contributed by atoms with Crippen molar-refractivity contribution in [2.45, 2.75) is 38.9 Å². The monoisotopic (exact) mass is 487 g/mol. The van der Waals surface area contributed by atoms with Crippen molar-refractivity contribution in [3.8, 4) is 11.5 Å². The minimum atomic E-state index is -0.661. The van der Waals surface area contributed by atoms with Crippen LogP contribution < -0.4 is 14.4 Å². The van der Waals surface area contributed by atoms with E-state index in [-0.39, 0.29) is 24.9 Å². The first kappa shape index (κ1) is 25.6. The van der Waals surface area contributed by atoms with Crippen LogP contribution in [0.4, 0.5) is 21.0 Å². The summed E-state index contributed by atoms with van der Waals surface area (Å²) in [5.74, 6) is 0.807. The lowest BCUT2D eigenvalue weighted by Gasteiger charge is -2.42. The summed E-state index contributed by atoms with van der Waals surface area (Å²) in [5, 5.41) is 11.6. The number of carbonyl (C=O) groups is 2. The summed E-state index contributed by atoms with van der Waals surface area (Å²) in [4.78, 5) is 39.9. The summed E-state index contributed by atoms with van der Waals surface area (Å²) in [6, 6.07) is 8.63. The van der Waals surface area contributed by atoms with Gasteiger partial charge in [-0.3, -0.25) is 19.9 Å². The SMILES string of the molecule is CCOC(=O)N1c2cc(OC)c(OC)cc2C(N(Cc2ccccc2[N+](=O)[O-])C(=O)OC)CC1C. The van der Waals surface area contributed by atoms with Crippen molar-refractivity contribution in [1.29, 1.82) is 0 Å². The van der Waals surface area contributed by atoms with Crippen molar-refractivity contribution in [2.24, 2.45) is 0 Å². The van der Waals surface area contributed by atoms with E-state index in [2.05, 4.69) is 0 Å². The number of nitro benzene ring substituents is 1.